The lowest BCUT2D eigenvalue weighted by atomic mass is 10.1. The van der Waals surface area contributed by atoms with E-state index in [9.17, 15) is 0 Å². The number of rotatable bonds is 4. The van der Waals surface area contributed by atoms with Crippen molar-refractivity contribution < 1.29 is 0 Å². The highest BCUT2D eigenvalue weighted by Gasteiger charge is 2.06. The Morgan fingerprint density at radius 3 is 2.88 bits per heavy atom. The van der Waals surface area contributed by atoms with E-state index in [2.05, 4.69) is 46.9 Å². The number of benzene rings is 1. The van der Waals surface area contributed by atoms with Crippen molar-refractivity contribution in [2.45, 2.75) is 26.3 Å². The Morgan fingerprint density at radius 1 is 1.29 bits per heavy atom. The number of hydrogen-bond donors (Lipinski definition) is 1. The molecule has 0 bridgehead atoms. The van der Waals surface area contributed by atoms with Gasteiger partial charge in [0.25, 0.3) is 0 Å². The highest BCUT2D eigenvalue weighted by atomic mass is 15.0. The first-order valence-corrected chi connectivity index (χ1v) is 6.03. The number of nitrogens with zero attached hydrogens (tertiary/aromatic N) is 1. The Labute approximate surface area is 102 Å². The molecule has 0 spiro atoms. The first-order valence-electron chi connectivity index (χ1n) is 6.03. The van der Waals surface area contributed by atoms with Crippen LogP contribution in [0.5, 0.6) is 0 Å². The van der Waals surface area contributed by atoms with Crippen molar-refractivity contribution in [2.75, 3.05) is 6.54 Å². The van der Waals surface area contributed by atoms with Crippen molar-refractivity contribution in [2.24, 2.45) is 5.73 Å². The van der Waals surface area contributed by atoms with Crippen molar-refractivity contribution in [3.8, 4) is 11.8 Å². The van der Waals surface area contributed by atoms with Gasteiger partial charge in [0.1, 0.15) is 0 Å². The van der Waals surface area contributed by atoms with Gasteiger partial charge < -0.3 is 10.3 Å². The van der Waals surface area contributed by atoms with Gasteiger partial charge in [-0.25, -0.2) is 0 Å². The van der Waals surface area contributed by atoms with Gasteiger partial charge in [-0.05, 0) is 31.5 Å². The number of fused-ring (bicyclic) bond motifs is 1. The zero-order valence-electron chi connectivity index (χ0n) is 10.2. The second-order valence-electron chi connectivity index (χ2n) is 4.08. The summed E-state index contributed by atoms with van der Waals surface area (Å²) in [5, 5.41) is 1.32. The third kappa shape index (κ3) is 2.51. The highest BCUT2D eigenvalue weighted by Crippen LogP contribution is 2.21. The van der Waals surface area contributed by atoms with Crippen LogP contribution in [0.2, 0.25) is 0 Å². The van der Waals surface area contributed by atoms with Crippen LogP contribution in [0.15, 0.2) is 30.5 Å². The minimum Gasteiger partial charge on any atom is -0.346 e. The third-order valence-corrected chi connectivity index (χ3v) is 2.94. The molecule has 0 amide bonds. The summed E-state index contributed by atoms with van der Waals surface area (Å²) in [7, 11) is 0. The van der Waals surface area contributed by atoms with E-state index in [0.717, 1.165) is 19.4 Å². The molecule has 2 heteroatoms. The van der Waals surface area contributed by atoms with Crippen molar-refractivity contribution in [3.63, 3.8) is 0 Å². The van der Waals surface area contributed by atoms with Gasteiger partial charge in [-0.3, -0.25) is 0 Å². The zero-order chi connectivity index (χ0) is 12.1. The molecule has 88 valence electrons. The van der Waals surface area contributed by atoms with Crippen LogP contribution in [0.25, 0.3) is 10.9 Å². The third-order valence-electron chi connectivity index (χ3n) is 2.94. The Bertz CT molecular complexity index is 555. The summed E-state index contributed by atoms with van der Waals surface area (Å²) in [5.74, 6) is 6.04. The number of nitrogens with two attached hydrogens (primary N) is 1. The second kappa shape index (κ2) is 5.56. The molecule has 2 aromatic rings. The quantitative estimate of drug-likeness (QED) is 0.798. The molecule has 1 aromatic carbocycles. The molecule has 0 fully saturated rings. The Morgan fingerprint density at radius 2 is 2.12 bits per heavy atom. The van der Waals surface area contributed by atoms with Gasteiger partial charge in [0.15, 0.2) is 0 Å². The van der Waals surface area contributed by atoms with Crippen LogP contribution >= 0.6 is 0 Å². The maximum atomic E-state index is 5.65. The van der Waals surface area contributed by atoms with Gasteiger partial charge in [-0.2, -0.15) is 0 Å². The average Bonchev–Trinajstić information content (AvgIpc) is 2.70. The minimum absolute atomic E-state index is 0.697. The van der Waals surface area contributed by atoms with E-state index in [1.165, 1.54) is 16.5 Å². The van der Waals surface area contributed by atoms with Gasteiger partial charge in [-0.1, -0.05) is 18.2 Å². The van der Waals surface area contributed by atoms with Crippen LogP contribution in [-0.2, 0) is 13.0 Å². The molecule has 0 saturated heterocycles. The van der Waals surface area contributed by atoms with Crippen LogP contribution in [0.3, 0.4) is 0 Å². The molecular weight excluding hydrogens is 208 g/mol. The Hall–Kier alpha value is -1.72. The fraction of sp³-hybridized carbons (Fsp3) is 0.333. The summed E-state index contributed by atoms with van der Waals surface area (Å²) >= 11 is 0. The molecule has 17 heavy (non-hydrogen) atoms. The Kier molecular flexibility index (Phi) is 3.85. The molecule has 0 atom stereocenters. The molecular formula is C15H18N2. The van der Waals surface area contributed by atoms with Crippen LogP contribution in [0.4, 0.5) is 0 Å². The van der Waals surface area contributed by atoms with E-state index >= 15 is 0 Å². The SMILES string of the molecule is CC#CCCn1cc(CCN)c2ccccc21. The monoisotopic (exact) mass is 226 g/mol. The minimum atomic E-state index is 0.697. The maximum Gasteiger partial charge on any atom is 0.0483 e. The molecule has 0 saturated carbocycles. The van der Waals surface area contributed by atoms with Gasteiger partial charge in [-0.15, -0.1) is 11.8 Å². The first-order chi connectivity index (χ1) is 8.36. The lowest BCUT2D eigenvalue weighted by Crippen LogP contribution is -2.02. The average molecular weight is 226 g/mol. The van der Waals surface area contributed by atoms with Gasteiger partial charge in [0.2, 0.25) is 0 Å². The van der Waals surface area contributed by atoms with Crippen molar-refractivity contribution in [1.82, 2.24) is 4.57 Å². The predicted octanol–water partition coefficient (Wildman–Crippen LogP) is 2.56. The normalized spacial score (nSPS) is 10.2. The summed E-state index contributed by atoms with van der Waals surface area (Å²) in [6.07, 6.45) is 4.05. The van der Waals surface area contributed by atoms with Gasteiger partial charge in [0.05, 0.1) is 0 Å². The molecule has 1 heterocycles. The van der Waals surface area contributed by atoms with E-state index in [4.69, 9.17) is 5.73 Å². The molecule has 0 aliphatic carbocycles. The van der Waals surface area contributed by atoms with E-state index < -0.39 is 0 Å². The van der Waals surface area contributed by atoms with Crippen molar-refractivity contribution in [3.05, 3.63) is 36.0 Å². The number of aromatic nitrogens is 1. The standard InChI is InChI=1S/C15H18N2/c1-2-3-6-11-17-12-13(9-10-16)14-7-4-5-8-15(14)17/h4-5,7-8,12H,6,9-11,16H2,1H3. The molecule has 0 unspecified atom stereocenters. The predicted molar refractivity (Wildman–Crippen MR) is 72.8 cm³/mol. The summed E-state index contributed by atoms with van der Waals surface area (Å²) in [6.45, 7) is 3.53. The van der Waals surface area contributed by atoms with Crippen LogP contribution < -0.4 is 5.73 Å². The van der Waals surface area contributed by atoms with Crippen LogP contribution in [0, 0.1) is 11.8 Å². The van der Waals surface area contributed by atoms with E-state index in [0.29, 0.717) is 6.54 Å². The summed E-state index contributed by atoms with van der Waals surface area (Å²) in [4.78, 5) is 0. The van der Waals surface area contributed by atoms with Crippen LogP contribution in [-0.4, -0.2) is 11.1 Å². The van der Waals surface area contributed by atoms with E-state index in [-0.39, 0.29) is 0 Å². The van der Waals surface area contributed by atoms with E-state index in [1.807, 2.05) is 6.92 Å². The van der Waals surface area contributed by atoms with Crippen molar-refractivity contribution in [1.29, 1.82) is 0 Å². The van der Waals surface area contributed by atoms with Crippen molar-refractivity contribution >= 4 is 10.9 Å². The molecule has 0 radical (unpaired) electrons. The van der Waals surface area contributed by atoms with E-state index in [1.54, 1.807) is 0 Å². The lowest BCUT2D eigenvalue weighted by molar-refractivity contribution is 0.744. The largest absolute Gasteiger partial charge is 0.346 e. The smallest absolute Gasteiger partial charge is 0.0483 e. The molecule has 0 aliphatic heterocycles. The topological polar surface area (TPSA) is 30.9 Å². The maximum absolute atomic E-state index is 5.65. The fourth-order valence-corrected chi connectivity index (χ4v) is 2.16. The number of para-hydroxylation sites is 1. The molecule has 1 aromatic heterocycles. The Balaban J connectivity index is 2.36. The lowest BCUT2D eigenvalue weighted by Gasteiger charge is -2.01. The second-order valence-corrected chi connectivity index (χ2v) is 4.08. The van der Waals surface area contributed by atoms with Gasteiger partial charge >= 0.3 is 0 Å². The zero-order valence-corrected chi connectivity index (χ0v) is 10.2. The summed E-state index contributed by atoms with van der Waals surface area (Å²) in [5.41, 5.74) is 8.28. The number of hydrogen-bond acceptors (Lipinski definition) is 1. The number of aryl methyl sites for hydroxylation is 1. The van der Waals surface area contributed by atoms with Gasteiger partial charge in [0, 0.05) is 30.1 Å². The molecule has 0 aliphatic rings. The molecule has 2 N–H and O–H groups in total. The summed E-state index contributed by atoms with van der Waals surface area (Å²) < 4.78 is 2.28. The molecule has 2 nitrogen and oxygen atoms in total. The fourth-order valence-electron chi connectivity index (χ4n) is 2.16. The first kappa shape index (κ1) is 11.8. The summed E-state index contributed by atoms with van der Waals surface area (Å²) in [6, 6.07) is 8.49. The highest BCUT2D eigenvalue weighted by molar-refractivity contribution is 5.84. The molecule has 2 rings (SSSR count). The van der Waals surface area contributed by atoms with Crippen LogP contribution in [0.1, 0.15) is 18.9 Å².